The summed E-state index contributed by atoms with van der Waals surface area (Å²) in [5, 5.41) is 0. The standard InChI is InChI=1S/C16H23F2N/c1-16(2)6-5-12(10-19)13(9-16)7-11-3-4-14(17)15(18)8-11/h3-4,8,12-13H,5-7,9-10,19H2,1-2H3. The van der Waals surface area contributed by atoms with Crippen molar-refractivity contribution >= 4 is 0 Å². The molecule has 2 unspecified atom stereocenters. The molecule has 1 aliphatic rings. The molecule has 1 aromatic rings. The summed E-state index contributed by atoms with van der Waals surface area (Å²) in [6.45, 7) is 5.24. The lowest BCUT2D eigenvalue weighted by atomic mass is 9.65. The summed E-state index contributed by atoms with van der Waals surface area (Å²) in [7, 11) is 0. The maximum atomic E-state index is 13.3. The van der Waals surface area contributed by atoms with Crippen LogP contribution in [0.4, 0.5) is 8.78 Å². The van der Waals surface area contributed by atoms with E-state index >= 15 is 0 Å². The third-order valence-corrected chi connectivity index (χ3v) is 4.46. The predicted molar refractivity (Wildman–Crippen MR) is 73.7 cm³/mol. The van der Waals surface area contributed by atoms with Crippen molar-refractivity contribution in [2.45, 2.75) is 39.5 Å². The van der Waals surface area contributed by atoms with E-state index < -0.39 is 11.6 Å². The molecule has 19 heavy (non-hydrogen) atoms. The lowest BCUT2D eigenvalue weighted by molar-refractivity contribution is 0.121. The van der Waals surface area contributed by atoms with Crippen LogP contribution in [0.2, 0.25) is 0 Å². The Hall–Kier alpha value is -0.960. The first-order valence-electron chi connectivity index (χ1n) is 7.05. The van der Waals surface area contributed by atoms with Gasteiger partial charge >= 0.3 is 0 Å². The van der Waals surface area contributed by atoms with Crippen LogP contribution in [0.1, 0.15) is 38.7 Å². The Kier molecular flexibility index (Phi) is 4.24. The quantitative estimate of drug-likeness (QED) is 0.883. The maximum Gasteiger partial charge on any atom is 0.159 e. The van der Waals surface area contributed by atoms with Crippen LogP contribution in [0.5, 0.6) is 0 Å². The lowest BCUT2D eigenvalue weighted by Crippen LogP contribution is -2.35. The molecule has 0 aromatic heterocycles. The third-order valence-electron chi connectivity index (χ3n) is 4.46. The van der Waals surface area contributed by atoms with Gasteiger partial charge < -0.3 is 5.73 Å². The summed E-state index contributed by atoms with van der Waals surface area (Å²) in [6, 6.07) is 4.23. The van der Waals surface area contributed by atoms with Crippen molar-refractivity contribution in [3.8, 4) is 0 Å². The second-order valence-electron chi connectivity index (χ2n) is 6.62. The number of hydrogen-bond donors (Lipinski definition) is 1. The van der Waals surface area contributed by atoms with E-state index in [1.165, 1.54) is 18.6 Å². The summed E-state index contributed by atoms with van der Waals surface area (Å²) >= 11 is 0. The molecule has 0 amide bonds. The second-order valence-corrected chi connectivity index (χ2v) is 6.62. The Morgan fingerprint density at radius 2 is 1.95 bits per heavy atom. The van der Waals surface area contributed by atoms with Gasteiger partial charge in [-0.15, -0.1) is 0 Å². The summed E-state index contributed by atoms with van der Waals surface area (Å²) in [4.78, 5) is 0. The Morgan fingerprint density at radius 1 is 1.21 bits per heavy atom. The van der Waals surface area contributed by atoms with Crippen LogP contribution in [0.3, 0.4) is 0 Å². The first kappa shape index (κ1) is 14.4. The zero-order chi connectivity index (χ0) is 14.0. The molecule has 0 saturated heterocycles. The second kappa shape index (κ2) is 5.58. The molecule has 2 N–H and O–H groups in total. The number of nitrogens with two attached hydrogens (primary N) is 1. The van der Waals surface area contributed by atoms with Crippen molar-refractivity contribution in [2.24, 2.45) is 23.0 Å². The van der Waals surface area contributed by atoms with Crippen molar-refractivity contribution in [2.75, 3.05) is 6.54 Å². The average Bonchev–Trinajstić information content (AvgIpc) is 2.33. The molecule has 1 saturated carbocycles. The minimum atomic E-state index is -0.775. The molecule has 1 fully saturated rings. The molecule has 0 radical (unpaired) electrons. The van der Waals surface area contributed by atoms with Gasteiger partial charge in [0.15, 0.2) is 11.6 Å². The SMILES string of the molecule is CC1(C)CCC(CN)C(Cc2ccc(F)c(F)c2)C1. The molecule has 3 heteroatoms. The minimum absolute atomic E-state index is 0.328. The van der Waals surface area contributed by atoms with Gasteiger partial charge in [-0.1, -0.05) is 19.9 Å². The zero-order valence-electron chi connectivity index (χ0n) is 11.8. The van der Waals surface area contributed by atoms with E-state index in [1.807, 2.05) is 0 Å². The predicted octanol–water partition coefficient (Wildman–Crippen LogP) is 3.91. The van der Waals surface area contributed by atoms with Gasteiger partial charge in [0.05, 0.1) is 0 Å². The fourth-order valence-corrected chi connectivity index (χ4v) is 3.31. The topological polar surface area (TPSA) is 26.0 Å². The molecular weight excluding hydrogens is 244 g/mol. The fourth-order valence-electron chi connectivity index (χ4n) is 3.31. The van der Waals surface area contributed by atoms with Crippen LogP contribution < -0.4 is 5.73 Å². The fraction of sp³-hybridized carbons (Fsp3) is 0.625. The van der Waals surface area contributed by atoms with E-state index in [-0.39, 0.29) is 0 Å². The van der Waals surface area contributed by atoms with Gasteiger partial charge in [-0.25, -0.2) is 8.78 Å². The number of halogens is 2. The average molecular weight is 267 g/mol. The van der Waals surface area contributed by atoms with Crippen LogP contribution in [0, 0.1) is 28.9 Å². The summed E-state index contributed by atoms with van der Waals surface area (Å²) < 4.78 is 26.2. The third kappa shape index (κ3) is 3.53. The van der Waals surface area contributed by atoms with Gasteiger partial charge in [0.25, 0.3) is 0 Å². The molecular formula is C16H23F2N. The van der Waals surface area contributed by atoms with Gasteiger partial charge in [-0.3, -0.25) is 0 Å². The molecule has 1 nitrogen and oxygen atoms in total. The summed E-state index contributed by atoms with van der Waals surface area (Å²) in [5.41, 5.74) is 7.06. The van der Waals surface area contributed by atoms with Crippen molar-refractivity contribution in [1.29, 1.82) is 0 Å². The molecule has 0 aliphatic heterocycles. The van der Waals surface area contributed by atoms with Crippen molar-refractivity contribution < 1.29 is 8.78 Å². The van der Waals surface area contributed by atoms with Crippen LogP contribution >= 0.6 is 0 Å². The van der Waals surface area contributed by atoms with E-state index in [0.717, 1.165) is 24.8 Å². The van der Waals surface area contributed by atoms with E-state index in [1.54, 1.807) is 6.07 Å². The molecule has 0 heterocycles. The monoisotopic (exact) mass is 267 g/mol. The molecule has 2 rings (SSSR count). The van der Waals surface area contributed by atoms with Crippen molar-refractivity contribution in [3.05, 3.63) is 35.4 Å². The molecule has 0 bridgehead atoms. The normalized spacial score (nSPS) is 26.4. The zero-order valence-corrected chi connectivity index (χ0v) is 11.8. The highest BCUT2D eigenvalue weighted by Crippen LogP contribution is 2.42. The highest BCUT2D eigenvalue weighted by Gasteiger charge is 2.34. The Bertz CT molecular complexity index is 442. The van der Waals surface area contributed by atoms with Gasteiger partial charge in [0.1, 0.15) is 0 Å². The lowest BCUT2D eigenvalue weighted by Gasteiger charge is -2.40. The number of benzene rings is 1. The molecule has 0 spiro atoms. The first-order chi connectivity index (χ1) is 8.91. The summed E-state index contributed by atoms with van der Waals surface area (Å²) in [5.74, 6) is -0.556. The highest BCUT2D eigenvalue weighted by molar-refractivity contribution is 5.18. The Balaban J connectivity index is 2.12. The van der Waals surface area contributed by atoms with Crippen LogP contribution in [0.25, 0.3) is 0 Å². The van der Waals surface area contributed by atoms with Gasteiger partial charge in [0, 0.05) is 0 Å². The van der Waals surface area contributed by atoms with Crippen molar-refractivity contribution in [3.63, 3.8) is 0 Å². The smallest absolute Gasteiger partial charge is 0.159 e. The maximum absolute atomic E-state index is 13.3. The van der Waals surface area contributed by atoms with E-state index in [0.29, 0.717) is 23.8 Å². The van der Waals surface area contributed by atoms with Crippen molar-refractivity contribution in [1.82, 2.24) is 0 Å². The largest absolute Gasteiger partial charge is 0.330 e. The van der Waals surface area contributed by atoms with Gasteiger partial charge in [-0.2, -0.15) is 0 Å². The van der Waals surface area contributed by atoms with Crippen LogP contribution in [-0.2, 0) is 6.42 Å². The van der Waals surface area contributed by atoms with Gasteiger partial charge in [0.2, 0.25) is 0 Å². The molecule has 1 aliphatic carbocycles. The first-order valence-corrected chi connectivity index (χ1v) is 7.05. The summed E-state index contributed by atoms with van der Waals surface area (Å²) in [6.07, 6.45) is 4.23. The minimum Gasteiger partial charge on any atom is -0.330 e. The van der Waals surface area contributed by atoms with Crippen LogP contribution in [-0.4, -0.2) is 6.54 Å². The van der Waals surface area contributed by atoms with Gasteiger partial charge in [-0.05, 0) is 67.2 Å². The molecule has 106 valence electrons. The van der Waals surface area contributed by atoms with E-state index in [9.17, 15) is 8.78 Å². The Morgan fingerprint density at radius 3 is 2.58 bits per heavy atom. The number of rotatable bonds is 3. The number of hydrogen-bond acceptors (Lipinski definition) is 1. The van der Waals surface area contributed by atoms with E-state index in [4.69, 9.17) is 5.73 Å². The highest BCUT2D eigenvalue weighted by atomic mass is 19.2. The Labute approximate surface area is 114 Å². The molecule has 1 aromatic carbocycles. The van der Waals surface area contributed by atoms with Crippen LogP contribution in [0.15, 0.2) is 18.2 Å². The molecule has 2 atom stereocenters. The van der Waals surface area contributed by atoms with E-state index in [2.05, 4.69) is 13.8 Å².